The molecule has 0 amide bonds. The highest BCUT2D eigenvalue weighted by Gasteiger charge is 2.29. The van der Waals surface area contributed by atoms with E-state index in [0.29, 0.717) is 43.4 Å². The van der Waals surface area contributed by atoms with E-state index in [1.807, 2.05) is 26.1 Å². The van der Waals surface area contributed by atoms with Gasteiger partial charge in [-0.3, -0.25) is 4.57 Å². The summed E-state index contributed by atoms with van der Waals surface area (Å²) in [5.41, 5.74) is 0.810. The molecule has 0 spiro atoms. The first-order chi connectivity index (χ1) is 14.5. The molecule has 0 N–H and O–H groups in total. The van der Waals surface area contributed by atoms with Gasteiger partial charge in [0, 0.05) is 44.6 Å². The third-order valence-electron chi connectivity index (χ3n) is 5.05. The minimum atomic E-state index is -3.56. The summed E-state index contributed by atoms with van der Waals surface area (Å²) in [6.45, 7) is 6.18. The molecule has 1 saturated heterocycles. The maximum absolute atomic E-state index is 13.1. The molecule has 0 unspecified atom stereocenters. The fraction of sp³-hybridized carbons (Fsp3) is 0.350. The molecule has 1 aromatic carbocycles. The normalized spacial score (nSPS) is 15.3. The Bertz CT molecular complexity index is 1110. The first-order valence-corrected chi connectivity index (χ1v) is 11.2. The number of benzene rings is 1. The SMILES string of the molecule is CCOc1ccc(S(=O)(=O)N2CCN(c3cc(-n4ccnc4)ncn3)CC2)cc1C. The van der Waals surface area contributed by atoms with Gasteiger partial charge in [-0.1, -0.05) is 0 Å². The summed E-state index contributed by atoms with van der Waals surface area (Å²) in [6.07, 6.45) is 6.69. The first kappa shape index (κ1) is 20.3. The van der Waals surface area contributed by atoms with Crippen LogP contribution in [0, 0.1) is 6.92 Å². The number of sulfonamides is 1. The second kappa shape index (κ2) is 8.41. The van der Waals surface area contributed by atoms with E-state index in [1.54, 1.807) is 35.3 Å². The number of ether oxygens (including phenoxy) is 1. The van der Waals surface area contributed by atoms with Crippen molar-refractivity contribution in [1.82, 2.24) is 23.8 Å². The highest BCUT2D eigenvalue weighted by molar-refractivity contribution is 7.89. The maximum Gasteiger partial charge on any atom is 0.243 e. The molecular weight excluding hydrogens is 404 g/mol. The lowest BCUT2D eigenvalue weighted by Crippen LogP contribution is -2.49. The van der Waals surface area contributed by atoms with Crippen LogP contribution in [0.3, 0.4) is 0 Å². The predicted octanol–water partition coefficient (Wildman–Crippen LogP) is 1.88. The number of hydrogen-bond donors (Lipinski definition) is 0. The predicted molar refractivity (Wildman–Crippen MR) is 112 cm³/mol. The van der Waals surface area contributed by atoms with E-state index in [1.165, 1.54) is 10.6 Å². The van der Waals surface area contributed by atoms with Crippen molar-refractivity contribution in [2.75, 3.05) is 37.7 Å². The summed E-state index contributed by atoms with van der Waals surface area (Å²) in [5, 5.41) is 0. The van der Waals surface area contributed by atoms with Crippen molar-refractivity contribution in [2.45, 2.75) is 18.7 Å². The number of aromatic nitrogens is 4. The van der Waals surface area contributed by atoms with Crippen molar-refractivity contribution in [3.63, 3.8) is 0 Å². The van der Waals surface area contributed by atoms with Crippen LogP contribution in [0.1, 0.15) is 12.5 Å². The zero-order valence-electron chi connectivity index (χ0n) is 17.0. The number of aryl methyl sites for hydroxylation is 1. The molecule has 30 heavy (non-hydrogen) atoms. The number of anilines is 1. The quantitative estimate of drug-likeness (QED) is 0.592. The Morgan fingerprint density at radius 2 is 1.83 bits per heavy atom. The van der Waals surface area contributed by atoms with Crippen LogP contribution < -0.4 is 9.64 Å². The number of piperazine rings is 1. The first-order valence-electron chi connectivity index (χ1n) is 9.78. The zero-order chi connectivity index (χ0) is 21.1. The molecular formula is C20H24N6O3S. The monoisotopic (exact) mass is 428 g/mol. The second-order valence-corrected chi connectivity index (χ2v) is 8.89. The fourth-order valence-corrected chi connectivity index (χ4v) is 4.96. The van der Waals surface area contributed by atoms with E-state index < -0.39 is 10.0 Å². The zero-order valence-corrected chi connectivity index (χ0v) is 17.8. The molecule has 2 aromatic heterocycles. The Kier molecular flexibility index (Phi) is 5.69. The van der Waals surface area contributed by atoms with Crippen LogP contribution in [0.25, 0.3) is 5.82 Å². The van der Waals surface area contributed by atoms with E-state index in [2.05, 4.69) is 19.9 Å². The van der Waals surface area contributed by atoms with Crippen LogP contribution in [0.15, 0.2) is 54.2 Å². The Hall–Kier alpha value is -2.98. The molecule has 0 bridgehead atoms. The summed E-state index contributed by atoms with van der Waals surface area (Å²) in [4.78, 5) is 15.0. The average molecular weight is 429 g/mol. The molecule has 0 saturated carbocycles. The van der Waals surface area contributed by atoms with E-state index in [4.69, 9.17) is 4.74 Å². The molecule has 1 aliphatic heterocycles. The number of rotatable bonds is 6. The lowest BCUT2D eigenvalue weighted by atomic mass is 10.2. The molecule has 158 valence electrons. The summed E-state index contributed by atoms with van der Waals surface area (Å²) in [7, 11) is -3.56. The lowest BCUT2D eigenvalue weighted by Gasteiger charge is -2.34. The highest BCUT2D eigenvalue weighted by Crippen LogP contribution is 2.25. The van der Waals surface area contributed by atoms with Crippen molar-refractivity contribution in [3.8, 4) is 11.6 Å². The maximum atomic E-state index is 13.1. The third kappa shape index (κ3) is 4.01. The average Bonchev–Trinajstić information content (AvgIpc) is 3.30. The fourth-order valence-electron chi connectivity index (χ4n) is 3.45. The van der Waals surface area contributed by atoms with Gasteiger partial charge in [0.05, 0.1) is 11.5 Å². The number of hydrogen-bond acceptors (Lipinski definition) is 7. The van der Waals surface area contributed by atoms with Crippen LogP contribution in [0.4, 0.5) is 5.82 Å². The van der Waals surface area contributed by atoms with Gasteiger partial charge >= 0.3 is 0 Å². The van der Waals surface area contributed by atoms with Gasteiger partial charge in [0.25, 0.3) is 0 Å². The van der Waals surface area contributed by atoms with Crippen LogP contribution >= 0.6 is 0 Å². The molecule has 1 fully saturated rings. The van der Waals surface area contributed by atoms with Crippen molar-refractivity contribution in [1.29, 1.82) is 0 Å². The molecule has 0 atom stereocenters. The molecule has 3 aromatic rings. The highest BCUT2D eigenvalue weighted by atomic mass is 32.2. The second-order valence-electron chi connectivity index (χ2n) is 6.96. The van der Waals surface area contributed by atoms with Gasteiger partial charge in [0.2, 0.25) is 10.0 Å². The molecule has 10 heteroatoms. The minimum Gasteiger partial charge on any atom is -0.494 e. The van der Waals surface area contributed by atoms with Gasteiger partial charge in [0.1, 0.15) is 30.0 Å². The number of nitrogens with zero attached hydrogens (tertiary/aromatic N) is 6. The van der Waals surface area contributed by atoms with Crippen molar-refractivity contribution in [3.05, 3.63) is 54.9 Å². The van der Waals surface area contributed by atoms with Crippen molar-refractivity contribution in [2.24, 2.45) is 0 Å². The molecule has 4 rings (SSSR count). The summed E-state index contributed by atoms with van der Waals surface area (Å²) >= 11 is 0. The van der Waals surface area contributed by atoms with Crippen LogP contribution in [0.2, 0.25) is 0 Å². The van der Waals surface area contributed by atoms with Gasteiger partial charge in [-0.15, -0.1) is 0 Å². The Morgan fingerprint density at radius 1 is 1.07 bits per heavy atom. The van der Waals surface area contributed by atoms with Gasteiger partial charge in [-0.2, -0.15) is 4.31 Å². The van der Waals surface area contributed by atoms with Crippen LogP contribution in [-0.2, 0) is 10.0 Å². The van der Waals surface area contributed by atoms with Crippen molar-refractivity contribution >= 4 is 15.8 Å². The summed E-state index contributed by atoms with van der Waals surface area (Å²) in [6, 6.07) is 6.89. The number of imidazole rings is 1. The largest absolute Gasteiger partial charge is 0.494 e. The Morgan fingerprint density at radius 3 is 2.50 bits per heavy atom. The smallest absolute Gasteiger partial charge is 0.243 e. The third-order valence-corrected chi connectivity index (χ3v) is 6.95. The standard InChI is InChI=1S/C20H24N6O3S/c1-3-29-18-5-4-17(12-16(18)2)30(27,28)26-10-8-24(9-11-26)19-13-20(23-14-22-19)25-7-6-21-15-25/h4-7,12-15H,3,8-11H2,1-2H3. The summed E-state index contributed by atoms with van der Waals surface area (Å²) in [5.74, 6) is 2.19. The molecule has 1 aliphatic rings. The molecule has 0 radical (unpaired) electrons. The van der Waals surface area contributed by atoms with E-state index in [9.17, 15) is 8.42 Å². The topological polar surface area (TPSA) is 93.5 Å². The molecule has 0 aliphatic carbocycles. The van der Waals surface area contributed by atoms with E-state index >= 15 is 0 Å². The van der Waals surface area contributed by atoms with Gasteiger partial charge < -0.3 is 9.64 Å². The van der Waals surface area contributed by atoms with Crippen LogP contribution in [-0.4, -0.2) is 65.0 Å². The van der Waals surface area contributed by atoms with Crippen LogP contribution in [0.5, 0.6) is 5.75 Å². The minimum absolute atomic E-state index is 0.293. The van der Waals surface area contributed by atoms with Gasteiger partial charge in [-0.05, 0) is 37.6 Å². The van der Waals surface area contributed by atoms with E-state index in [0.717, 1.165) is 17.2 Å². The molecule has 9 nitrogen and oxygen atoms in total. The van der Waals surface area contributed by atoms with Crippen molar-refractivity contribution < 1.29 is 13.2 Å². The van der Waals surface area contributed by atoms with E-state index in [-0.39, 0.29) is 0 Å². The molecule has 3 heterocycles. The lowest BCUT2D eigenvalue weighted by molar-refractivity contribution is 0.337. The van der Waals surface area contributed by atoms with Gasteiger partial charge in [0.15, 0.2) is 0 Å². The summed E-state index contributed by atoms with van der Waals surface area (Å²) < 4.78 is 35.0. The Balaban J connectivity index is 1.47. The van der Waals surface area contributed by atoms with Gasteiger partial charge in [-0.25, -0.2) is 23.4 Å². The Labute approximate surface area is 176 Å².